The predicted molar refractivity (Wildman–Crippen MR) is 65.1 cm³/mol. The zero-order valence-electron chi connectivity index (χ0n) is 10.9. The van der Waals surface area contributed by atoms with Crippen molar-refractivity contribution in [2.75, 3.05) is 13.2 Å². The van der Waals surface area contributed by atoms with Crippen LogP contribution in [0.25, 0.3) is 0 Å². The monoisotopic (exact) mass is 237 g/mol. The van der Waals surface area contributed by atoms with Crippen LogP contribution >= 0.6 is 0 Å². The molecule has 4 atom stereocenters. The van der Waals surface area contributed by atoms with Gasteiger partial charge >= 0.3 is 0 Å². The molecule has 96 valence electrons. The summed E-state index contributed by atoms with van der Waals surface area (Å²) in [6.45, 7) is 5.41. The van der Waals surface area contributed by atoms with Crippen LogP contribution < -0.4 is 0 Å². The summed E-state index contributed by atoms with van der Waals surface area (Å²) in [5.74, 6) is 2.42. The summed E-state index contributed by atoms with van der Waals surface area (Å²) in [5, 5.41) is 8.98. The Morgan fingerprint density at radius 1 is 1.18 bits per heavy atom. The summed E-state index contributed by atoms with van der Waals surface area (Å²) in [6, 6.07) is 2.35. The van der Waals surface area contributed by atoms with Gasteiger partial charge in [-0.05, 0) is 50.9 Å². The average Bonchev–Trinajstić information content (AvgIpc) is 2.90. The summed E-state index contributed by atoms with van der Waals surface area (Å²) in [7, 11) is 0. The van der Waals surface area contributed by atoms with Gasteiger partial charge in [-0.3, -0.25) is 0 Å². The van der Waals surface area contributed by atoms with E-state index in [1.165, 1.54) is 19.3 Å². The van der Waals surface area contributed by atoms with Crippen molar-refractivity contribution in [2.24, 2.45) is 23.7 Å². The van der Waals surface area contributed by atoms with Gasteiger partial charge in [-0.2, -0.15) is 5.26 Å². The Hall–Kier alpha value is -0.590. The summed E-state index contributed by atoms with van der Waals surface area (Å²) in [4.78, 5) is 0. The lowest BCUT2D eigenvalue weighted by Gasteiger charge is -2.35. The molecule has 2 aliphatic rings. The summed E-state index contributed by atoms with van der Waals surface area (Å²) in [6.07, 6.45) is 4.47. The Morgan fingerprint density at radius 3 is 2.41 bits per heavy atom. The minimum absolute atomic E-state index is 0.0846. The fourth-order valence-corrected chi connectivity index (χ4v) is 3.89. The molecular weight excluding hydrogens is 214 g/mol. The van der Waals surface area contributed by atoms with Gasteiger partial charge in [0, 0.05) is 25.6 Å². The zero-order valence-corrected chi connectivity index (χ0v) is 10.9. The first-order valence-electron chi connectivity index (χ1n) is 6.91. The summed E-state index contributed by atoms with van der Waals surface area (Å²) >= 11 is 0. The highest BCUT2D eigenvalue weighted by Gasteiger charge is 2.50. The van der Waals surface area contributed by atoms with Crippen molar-refractivity contribution >= 4 is 0 Å². The van der Waals surface area contributed by atoms with Crippen LogP contribution in [0.4, 0.5) is 0 Å². The first kappa shape index (κ1) is 12.9. The summed E-state index contributed by atoms with van der Waals surface area (Å²) in [5.41, 5.74) is 0. The number of hydrogen-bond acceptors (Lipinski definition) is 3. The molecule has 17 heavy (non-hydrogen) atoms. The van der Waals surface area contributed by atoms with E-state index >= 15 is 0 Å². The third kappa shape index (κ3) is 2.48. The van der Waals surface area contributed by atoms with E-state index in [1.807, 2.05) is 13.8 Å². The normalized spacial score (nSPS) is 35.4. The maximum atomic E-state index is 8.98. The number of fused-ring (bicyclic) bond motifs is 2. The van der Waals surface area contributed by atoms with Gasteiger partial charge in [0.1, 0.15) is 0 Å². The highest BCUT2D eigenvalue weighted by Crippen LogP contribution is 2.55. The first-order chi connectivity index (χ1) is 8.31. The molecule has 0 aromatic carbocycles. The lowest BCUT2D eigenvalue weighted by molar-refractivity contribution is -0.186. The van der Waals surface area contributed by atoms with E-state index in [0.29, 0.717) is 31.5 Å². The Labute approximate surface area is 104 Å². The maximum absolute atomic E-state index is 8.98. The Kier molecular flexibility index (Phi) is 4.42. The van der Waals surface area contributed by atoms with Crippen LogP contribution in [0, 0.1) is 35.0 Å². The van der Waals surface area contributed by atoms with Crippen LogP contribution in [0.1, 0.15) is 39.5 Å². The highest BCUT2D eigenvalue weighted by molar-refractivity contribution is 5.00. The van der Waals surface area contributed by atoms with E-state index in [-0.39, 0.29) is 6.29 Å². The largest absolute Gasteiger partial charge is 0.353 e. The Balaban J connectivity index is 2.07. The van der Waals surface area contributed by atoms with Gasteiger partial charge in [-0.25, -0.2) is 0 Å². The lowest BCUT2D eigenvalue weighted by Crippen LogP contribution is -2.36. The van der Waals surface area contributed by atoms with Gasteiger partial charge in [0.15, 0.2) is 6.29 Å². The second-order valence-electron chi connectivity index (χ2n) is 5.22. The van der Waals surface area contributed by atoms with Crippen molar-refractivity contribution in [2.45, 2.75) is 45.8 Å². The summed E-state index contributed by atoms with van der Waals surface area (Å²) < 4.78 is 11.5. The molecule has 0 amide bonds. The van der Waals surface area contributed by atoms with E-state index in [9.17, 15) is 0 Å². The molecule has 3 heteroatoms. The molecule has 0 aromatic heterocycles. The molecule has 0 N–H and O–H groups in total. The van der Waals surface area contributed by atoms with Gasteiger partial charge < -0.3 is 9.47 Å². The minimum Gasteiger partial charge on any atom is -0.353 e. The van der Waals surface area contributed by atoms with Gasteiger partial charge in [0.2, 0.25) is 0 Å². The predicted octanol–water partition coefficient (Wildman–Crippen LogP) is 2.96. The standard InChI is InChI=1S/C14H23NO2/c1-3-16-14(17-4-2)13-11-6-5-10(9-11)12(13)7-8-15/h10-14H,3-7,9H2,1-2H3. The molecule has 3 nitrogen and oxygen atoms in total. The van der Waals surface area contributed by atoms with Gasteiger partial charge in [-0.15, -0.1) is 0 Å². The van der Waals surface area contributed by atoms with Crippen LogP contribution in [0.3, 0.4) is 0 Å². The van der Waals surface area contributed by atoms with Crippen LogP contribution in [0.15, 0.2) is 0 Å². The molecule has 0 saturated heterocycles. The fourth-order valence-electron chi connectivity index (χ4n) is 3.89. The molecule has 4 unspecified atom stereocenters. The van der Waals surface area contributed by atoms with E-state index in [1.54, 1.807) is 0 Å². The fraction of sp³-hybridized carbons (Fsp3) is 0.929. The third-order valence-corrected chi connectivity index (χ3v) is 4.46. The Bertz CT molecular complexity index is 280. The molecule has 2 fully saturated rings. The molecule has 0 radical (unpaired) electrons. The maximum Gasteiger partial charge on any atom is 0.160 e. The average molecular weight is 237 g/mol. The number of hydrogen-bond donors (Lipinski definition) is 0. The lowest BCUT2D eigenvalue weighted by atomic mass is 9.77. The van der Waals surface area contributed by atoms with Crippen LogP contribution in [-0.4, -0.2) is 19.5 Å². The Morgan fingerprint density at radius 2 is 1.82 bits per heavy atom. The highest BCUT2D eigenvalue weighted by atomic mass is 16.7. The van der Waals surface area contributed by atoms with Crippen LogP contribution in [0.2, 0.25) is 0 Å². The van der Waals surface area contributed by atoms with Crippen LogP contribution in [0.5, 0.6) is 0 Å². The first-order valence-corrected chi connectivity index (χ1v) is 6.91. The van der Waals surface area contributed by atoms with Gasteiger partial charge in [0.05, 0.1) is 6.07 Å². The molecule has 0 heterocycles. The quantitative estimate of drug-likeness (QED) is 0.667. The molecule has 2 saturated carbocycles. The van der Waals surface area contributed by atoms with E-state index in [4.69, 9.17) is 14.7 Å². The minimum atomic E-state index is -0.0846. The number of nitriles is 1. The van der Waals surface area contributed by atoms with Gasteiger partial charge in [0.25, 0.3) is 0 Å². The second-order valence-corrected chi connectivity index (χ2v) is 5.22. The van der Waals surface area contributed by atoms with E-state index in [2.05, 4.69) is 6.07 Å². The molecular formula is C14H23NO2. The van der Waals surface area contributed by atoms with Crippen molar-refractivity contribution < 1.29 is 9.47 Å². The number of ether oxygens (including phenoxy) is 2. The smallest absolute Gasteiger partial charge is 0.160 e. The number of nitrogens with zero attached hydrogens (tertiary/aromatic N) is 1. The zero-order chi connectivity index (χ0) is 12.3. The van der Waals surface area contributed by atoms with Crippen molar-refractivity contribution in [1.82, 2.24) is 0 Å². The molecule has 0 spiro atoms. The third-order valence-electron chi connectivity index (χ3n) is 4.46. The van der Waals surface area contributed by atoms with Crippen molar-refractivity contribution in [3.05, 3.63) is 0 Å². The second kappa shape index (κ2) is 5.84. The topological polar surface area (TPSA) is 42.2 Å². The van der Waals surface area contributed by atoms with E-state index in [0.717, 1.165) is 11.8 Å². The molecule has 2 aliphatic carbocycles. The molecule has 2 rings (SSSR count). The number of rotatable bonds is 6. The van der Waals surface area contributed by atoms with Crippen molar-refractivity contribution in [3.8, 4) is 6.07 Å². The molecule has 0 aliphatic heterocycles. The van der Waals surface area contributed by atoms with Gasteiger partial charge in [-0.1, -0.05) is 0 Å². The molecule has 2 bridgehead atoms. The molecule has 0 aromatic rings. The van der Waals surface area contributed by atoms with Crippen LogP contribution in [-0.2, 0) is 9.47 Å². The van der Waals surface area contributed by atoms with Crippen molar-refractivity contribution in [1.29, 1.82) is 5.26 Å². The van der Waals surface area contributed by atoms with E-state index < -0.39 is 0 Å². The SMILES string of the molecule is CCOC(OCC)C1C2CCC(C2)C1CC#N. The van der Waals surface area contributed by atoms with Crippen molar-refractivity contribution in [3.63, 3.8) is 0 Å².